The van der Waals surface area contributed by atoms with Crippen molar-refractivity contribution in [3.05, 3.63) is 0 Å². The molecule has 3 fully saturated rings. The minimum absolute atomic E-state index is 0.473. The van der Waals surface area contributed by atoms with Crippen LogP contribution in [0.4, 0.5) is 0 Å². The molecule has 3 aliphatic rings. The second kappa shape index (κ2) is 3.49. The van der Waals surface area contributed by atoms with E-state index in [1.54, 1.807) is 0 Å². The molecule has 0 bridgehead atoms. The number of rotatable bonds is 3. The van der Waals surface area contributed by atoms with Crippen LogP contribution in [0.5, 0.6) is 0 Å². The Morgan fingerprint density at radius 1 is 1.14 bits per heavy atom. The highest BCUT2D eigenvalue weighted by atomic mass is 15.2. The first-order valence-corrected chi connectivity index (χ1v) is 6.34. The Hall–Kier alpha value is -0.0800. The largest absolute Gasteiger partial charge is 0.326 e. The minimum Gasteiger partial charge on any atom is -0.326 e. The smallest absolute Gasteiger partial charge is 0.0183 e. The Balaban J connectivity index is 1.58. The summed E-state index contributed by atoms with van der Waals surface area (Å²) in [4.78, 5) is 2.73. The van der Waals surface area contributed by atoms with E-state index in [0.29, 0.717) is 6.04 Å². The van der Waals surface area contributed by atoms with E-state index in [0.717, 1.165) is 18.0 Å². The lowest BCUT2D eigenvalue weighted by atomic mass is 9.80. The lowest BCUT2D eigenvalue weighted by Gasteiger charge is -2.32. The molecule has 0 amide bonds. The van der Waals surface area contributed by atoms with Gasteiger partial charge in [-0.2, -0.15) is 0 Å². The molecule has 0 aromatic rings. The summed E-state index contributed by atoms with van der Waals surface area (Å²) in [6.45, 7) is 1.18. The van der Waals surface area contributed by atoms with Crippen LogP contribution in [0.3, 0.4) is 0 Å². The van der Waals surface area contributed by atoms with Crippen molar-refractivity contribution >= 4 is 0 Å². The molecule has 2 nitrogen and oxygen atoms in total. The molecule has 2 heteroatoms. The van der Waals surface area contributed by atoms with Gasteiger partial charge in [0.1, 0.15) is 0 Å². The number of likely N-dealkylation sites (tertiary alicyclic amines) is 1. The Labute approximate surface area is 86.8 Å². The molecule has 2 saturated carbocycles. The van der Waals surface area contributed by atoms with Crippen molar-refractivity contribution in [2.24, 2.45) is 11.7 Å². The van der Waals surface area contributed by atoms with Crippen LogP contribution < -0.4 is 5.73 Å². The van der Waals surface area contributed by atoms with Gasteiger partial charge >= 0.3 is 0 Å². The van der Waals surface area contributed by atoms with Crippen LogP contribution in [0, 0.1) is 5.92 Å². The summed E-state index contributed by atoms with van der Waals surface area (Å²) in [5.74, 6) is 1.05. The molecule has 0 aromatic carbocycles. The Morgan fingerprint density at radius 3 is 2.50 bits per heavy atom. The third kappa shape index (κ3) is 1.70. The Kier molecular flexibility index (Phi) is 2.29. The van der Waals surface area contributed by atoms with E-state index >= 15 is 0 Å². The van der Waals surface area contributed by atoms with Gasteiger partial charge in [0.2, 0.25) is 0 Å². The summed E-state index contributed by atoms with van der Waals surface area (Å²) in [7, 11) is 0. The number of hydrogen-bond acceptors (Lipinski definition) is 2. The molecule has 1 saturated heterocycles. The molecule has 3 rings (SSSR count). The molecule has 0 radical (unpaired) electrons. The van der Waals surface area contributed by atoms with Crippen molar-refractivity contribution in [3.8, 4) is 0 Å². The van der Waals surface area contributed by atoms with E-state index in [9.17, 15) is 0 Å². The number of hydrogen-bond donors (Lipinski definition) is 1. The summed E-state index contributed by atoms with van der Waals surface area (Å²) in [5.41, 5.74) is 6.07. The molecule has 2 N–H and O–H groups in total. The third-order valence-electron chi connectivity index (χ3n) is 4.34. The first kappa shape index (κ1) is 9.17. The van der Waals surface area contributed by atoms with Gasteiger partial charge in [0.15, 0.2) is 0 Å². The molecule has 2 atom stereocenters. The van der Waals surface area contributed by atoms with Crippen molar-refractivity contribution in [2.75, 3.05) is 6.54 Å². The predicted octanol–water partition coefficient (Wildman–Crippen LogP) is 1.74. The summed E-state index contributed by atoms with van der Waals surface area (Å²) in [6.07, 6.45) is 10.1. The van der Waals surface area contributed by atoms with E-state index in [-0.39, 0.29) is 0 Å². The van der Waals surface area contributed by atoms with Gasteiger partial charge in [0.05, 0.1) is 0 Å². The molecule has 0 aromatic heterocycles. The SMILES string of the molecule is NC1CC(CC2CCC2)N(C2CC2)C1. The van der Waals surface area contributed by atoms with Gasteiger partial charge < -0.3 is 5.73 Å². The molecular weight excluding hydrogens is 172 g/mol. The predicted molar refractivity (Wildman–Crippen MR) is 58.1 cm³/mol. The zero-order valence-electron chi connectivity index (χ0n) is 8.99. The molecule has 1 heterocycles. The molecule has 0 spiro atoms. The van der Waals surface area contributed by atoms with Crippen LogP contribution in [0.25, 0.3) is 0 Å². The molecule has 2 unspecified atom stereocenters. The van der Waals surface area contributed by atoms with Crippen molar-refractivity contribution in [2.45, 2.75) is 63.1 Å². The molecule has 2 aliphatic carbocycles. The van der Waals surface area contributed by atoms with E-state index in [2.05, 4.69) is 4.90 Å². The van der Waals surface area contributed by atoms with E-state index in [1.165, 1.54) is 51.5 Å². The third-order valence-corrected chi connectivity index (χ3v) is 4.34. The fourth-order valence-corrected chi connectivity index (χ4v) is 3.18. The quantitative estimate of drug-likeness (QED) is 0.741. The zero-order valence-corrected chi connectivity index (χ0v) is 8.99. The summed E-state index contributed by atoms with van der Waals surface area (Å²) < 4.78 is 0. The van der Waals surface area contributed by atoms with Gasteiger partial charge in [-0.25, -0.2) is 0 Å². The number of nitrogens with zero attached hydrogens (tertiary/aromatic N) is 1. The lowest BCUT2D eigenvalue weighted by Crippen LogP contribution is -2.34. The molecule has 1 aliphatic heterocycles. The van der Waals surface area contributed by atoms with Gasteiger partial charge in [0, 0.05) is 24.7 Å². The van der Waals surface area contributed by atoms with Crippen LogP contribution in [0.1, 0.15) is 44.9 Å². The minimum atomic E-state index is 0.473. The number of nitrogens with two attached hydrogens (primary N) is 1. The Bertz CT molecular complexity index is 208. The van der Waals surface area contributed by atoms with Crippen molar-refractivity contribution < 1.29 is 0 Å². The lowest BCUT2D eigenvalue weighted by molar-refractivity contribution is 0.174. The van der Waals surface area contributed by atoms with Gasteiger partial charge in [0.25, 0.3) is 0 Å². The second-order valence-electron chi connectivity index (χ2n) is 5.61. The average Bonchev–Trinajstić information content (AvgIpc) is 2.84. The van der Waals surface area contributed by atoms with Gasteiger partial charge in [-0.3, -0.25) is 4.90 Å². The van der Waals surface area contributed by atoms with E-state index in [1.807, 2.05) is 0 Å². The summed E-state index contributed by atoms with van der Waals surface area (Å²) in [6, 6.07) is 2.25. The molecular formula is C12H22N2. The molecule has 14 heavy (non-hydrogen) atoms. The first-order valence-electron chi connectivity index (χ1n) is 6.34. The van der Waals surface area contributed by atoms with Gasteiger partial charge in [-0.15, -0.1) is 0 Å². The highest BCUT2D eigenvalue weighted by Crippen LogP contribution is 2.39. The van der Waals surface area contributed by atoms with Crippen LogP contribution in [0.15, 0.2) is 0 Å². The maximum absolute atomic E-state index is 6.07. The van der Waals surface area contributed by atoms with Gasteiger partial charge in [-0.1, -0.05) is 19.3 Å². The maximum atomic E-state index is 6.07. The highest BCUT2D eigenvalue weighted by molar-refractivity contribution is 4.97. The molecule has 80 valence electrons. The van der Waals surface area contributed by atoms with Crippen LogP contribution in [0.2, 0.25) is 0 Å². The highest BCUT2D eigenvalue weighted by Gasteiger charge is 2.40. The summed E-state index contributed by atoms with van der Waals surface area (Å²) in [5, 5.41) is 0. The fraction of sp³-hybridized carbons (Fsp3) is 1.00. The van der Waals surface area contributed by atoms with E-state index in [4.69, 9.17) is 5.73 Å². The average molecular weight is 194 g/mol. The topological polar surface area (TPSA) is 29.3 Å². The fourth-order valence-electron chi connectivity index (χ4n) is 3.18. The first-order chi connectivity index (χ1) is 6.83. The zero-order chi connectivity index (χ0) is 9.54. The van der Waals surface area contributed by atoms with Crippen molar-refractivity contribution in [1.82, 2.24) is 4.90 Å². The van der Waals surface area contributed by atoms with Crippen LogP contribution in [-0.2, 0) is 0 Å². The van der Waals surface area contributed by atoms with Gasteiger partial charge in [-0.05, 0) is 31.6 Å². The van der Waals surface area contributed by atoms with Crippen molar-refractivity contribution in [3.63, 3.8) is 0 Å². The summed E-state index contributed by atoms with van der Waals surface area (Å²) >= 11 is 0. The normalized spacial score (nSPS) is 40.1. The van der Waals surface area contributed by atoms with E-state index < -0.39 is 0 Å². The van der Waals surface area contributed by atoms with Crippen LogP contribution >= 0.6 is 0 Å². The monoisotopic (exact) mass is 194 g/mol. The Morgan fingerprint density at radius 2 is 1.93 bits per heavy atom. The maximum Gasteiger partial charge on any atom is 0.0183 e. The standard InChI is InChI=1S/C12H22N2/c13-10-7-12(6-9-2-1-3-9)14(8-10)11-4-5-11/h9-12H,1-8,13H2. The van der Waals surface area contributed by atoms with Crippen molar-refractivity contribution in [1.29, 1.82) is 0 Å². The second-order valence-corrected chi connectivity index (χ2v) is 5.61. The van der Waals surface area contributed by atoms with Crippen LogP contribution in [-0.4, -0.2) is 29.6 Å².